The number of benzene rings is 2. The van der Waals surface area contributed by atoms with Crippen LogP contribution >= 0.6 is 11.8 Å². The highest BCUT2D eigenvalue weighted by molar-refractivity contribution is 8.05. The van der Waals surface area contributed by atoms with E-state index < -0.39 is 35.2 Å². The molecule has 7 nitrogen and oxygen atoms in total. The molecule has 34 heavy (non-hydrogen) atoms. The number of halogens is 6. The molecule has 0 unspecified atom stereocenters. The molecule has 190 valence electrons. The largest absolute Gasteiger partial charge is 0.512 e. The van der Waals surface area contributed by atoms with Crippen LogP contribution in [-0.2, 0) is 31.3 Å². The van der Waals surface area contributed by atoms with E-state index in [4.69, 9.17) is 4.74 Å². The summed E-state index contributed by atoms with van der Waals surface area (Å²) >= 11 is 1.80. The van der Waals surface area contributed by atoms with E-state index in [9.17, 15) is 48.0 Å². The lowest BCUT2D eigenvalue weighted by atomic mass is 10.2. The first-order chi connectivity index (χ1) is 15.4. The average molecular weight is 554 g/mol. The topological polar surface area (TPSA) is 107 Å². The number of rotatable bonds is 7. The summed E-state index contributed by atoms with van der Waals surface area (Å²) in [5.41, 5.74) is -10.9. The van der Waals surface area contributed by atoms with Gasteiger partial charge in [0.1, 0.15) is 5.75 Å². The van der Waals surface area contributed by atoms with Crippen molar-refractivity contribution in [1.82, 2.24) is 4.13 Å². The van der Waals surface area contributed by atoms with Crippen molar-refractivity contribution in [3.8, 4) is 5.75 Å². The molecule has 0 aliphatic heterocycles. The molecule has 0 amide bonds. The number of aryl methyl sites for hydroxylation is 1. The number of hydrogen-bond donors (Lipinski definition) is 1. The van der Waals surface area contributed by atoms with Gasteiger partial charge in [-0.15, -0.1) is 11.8 Å². The Morgan fingerprint density at radius 1 is 0.853 bits per heavy atom. The number of nitrogens with one attached hydrogen (secondary N) is 1. The van der Waals surface area contributed by atoms with Crippen LogP contribution in [0.4, 0.5) is 26.3 Å². The SMILES string of the molecule is CC(=O)Oc1ccc(SCCc2ccccc2)cc1.O=S(=O)(NS(=O)(=O)C(F)(F)F)C(F)(F)F. The first-order valence-electron chi connectivity index (χ1n) is 8.81. The summed E-state index contributed by atoms with van der Waals surface area (Å²) in [6, 6.07) is 18.1. The van der Waals surface area contributed by atoms with E-state index in [0.717, 1.165) is 12.2 Å². The van der Waals surface area contributed by atoms with Gasteiger partial charge >= 0.3 is 37.0 Å². The van der Waals surface area contributed by atoms with Crippen molar-refractivity contribution in [3.05, 3.63) is 60.2 Å². The van der Waals surface area contributed by atoms with Crippen LogP contribution < -0.4 is 8.86 Å². The Morgan fingerprint density at radius 2 is 1.32 bits per heavy atom. The zero-order valence-electron chi connectivity index (χ0n) is 17.1. The molecule has 0 radical (unpaired) electrons. The van der Waals surface area contributed by atoms with Crippen molar-refractivity contribution in [2.45, 2.75) is 29.3 Å². The Labute approximate surface area is 195 Å². The van der Waals surface area contributed by atoms with Gasteiger partial charge < -0.3 is 4.74 Å². The standard InChI is InChI=1S/C16H16O2S.C2HF6NO4S2/c1-13(17)18-15-7-9-16(10-8-15)19-12-11-14-5-3-2-4-6-14;3-1(4,5)14(10,11)9-15(12,13)2(6,7)8/h2-10H,11-12H2,1H3;9H. The Morgan fingerprint density at radius 3 is 1.74 bits per heavy atom. The highest BCUT2D eigenvalue weighted by Crippen LogP contribution is 2.27. The molecule has 2 aromatic rings. The normalized spacial score (nSPS) is 12.4. The number of hydrogen-bond acceptors (Lipinski definition) is 7. The third-order valence-corrected chi connectivity index (χ3v) is 7.40. The van der Waals surface area contributed by atoms with Crippen LogP contribution in [0.15, 0.2) is 59.5 Å². The van der Waals surface area contributed by atoms with Gasteiger partial charge in [0.2, 0.25) is 0 Å². The van der Waals surface area contributed by atoms with Crippen molar-refractivity contribution in [2.75, 3.05) is 5.75 Å². The molecule has 0 bridgehead atoms. The van der Waals surface area contributed by atoms with Crippen molar-refractivity contribution in [2.24, 2.45) is 0 Å². The molecular formula is C18H17F6NO6S3. The molecule has 16 heteroatoms. The number of sulfonamides is 2. The molecule has 0 saturated carbocycles. The molecule has 0 aromatic heterocycles. The van der Waals surface area contributed by atoms with Gasteiger partial charge in [-0.05, 0) is 36.2 Å². The van der Waals surface area contributed by atoms with Crippen LogP contribution in [0.3, 0.4) is 0 Å². The lowest BCUT2D eigenvalue weighted by Crippen LogP contribution is -2.45. The van der Waals surface area contributed by atoms with Crippen LogP contribution in [-0.4, -0.2) is 39.6 Å². The molecule has 0 fully saturated rings. The van der Waals surface area contributed by atoms with Gasteiger partial charge in [-0.3, -0.25) is 4.79 Å². The van der Waals surface area contributed by atoms with Gasteiger partial charge in [0, 0.05) is 17.6 Å². The molecule has 0 saturated heterocycles. The van der Waals surface area contributed by atoms with Gasteiger partial charge in [0.05, 0.1) is 0 Å². The van der Waals surface area contributed by atoms with Crippen LogP contribution in [0.25, 0.3) is 0 Å². The fraction of sp³-hybridized carbons (Fsp3) is 0.278. The first-order valence-corrected chi connectivity index (χ1v) is 12.8. The zero-order chi connectivity index (χ0) is 26.2. The summed E-state index contributed by atoms with van der Waals surface area (Å²) < 4.78 is 113. The van der Waals surface area contributed by atoms with Gasteiger partial charge in [-0.25, -0.2) is 16.8 Å². The van der Waals surface area contributed by atoms with Crippen molar-refractivity contribution in [1.29, 1.82) is 0 Å². The molecule has 0 aliphatic rings. The van der Waals surface area contributed by atoms with Crippen LogP contribution in [0.2, 0.25) is 0 Å². The molecule has 0 atom stereocenters. The van der Waals surface area contributed by atoms with Crippen molar-refractivity contribution < 1.29 is 52.7 Å². The third kappa shape index (κ3) is 9.90. The van der Waals surface area contributed by atoms with E-state index in [1.807, 2.05) is 30.3 Å². The minimum Gasteiger partial charge on any atom is -0.427 e. The van der Waals surface area contributed by atoms with Gasteiger partial charge in [-0.2, -0.15) is 26.3 Å². The van der Waals surface area contributed by atoms with Gasteiger partial charge in [0.15, 0.2) is 0 Å². The second-order valence-corrected chi connectivity index (χ2v) is 10.9. The maximum atomic E-state index is 11.5. The number of carbonyl (C=O) groups is 1. The highest BCUT2D eigenvalue weighted by Gasteiger charge is 2.55. The van der Waals surface area contributed by atoms with Crippen molar-refractivity contribution in [3.63, 3.8) is 0 Å². The number of ether oxygens (including phenoxy) is 1. The monoisotopic (exact) mass is 553 g/mol. The molecule has 0 spiro atoms. The second-order valence-electron chi connectivity index (χ2n) is 6.13. The van der Waals surface area contributed by atoms with Crippen LogP contribution in [0.1, 0.15) is 12.5 Å². The fourth-order valence-electron chi connectivity index (χ4n) is 1.94. The third-order valence-electron chi connectivity index (χ3n) is 3.42. The van der Waals surface area contributed by atoms with Gasteiger partial charge in [-0.1, -0.05) is 34.5 Å². The summed E-state index contributed by atoms with van der Waals surface area (Å²) in [7, 11) is -13.2. The van der Waals surface area contributed by atoms with E-state index in [1.165, 1.54) is 17.4 Å². The Bertz CT molecular complexity index is 1110. The van der Waals surface area contributed by atoms with Crippen LogP contribution in [0, 0.1) is 0 Å². The second kappa shape index (κ2) is 11.9. The fourth-order valence-corrected chi connectivity index (χ4v) is 4.75. The van der Waals surface area contributed by atoms with E-state index in [2.05, 4.69) is 24.3 Å². The number of alkyl halides is 6. The van der Waals surface area contributed by atoms with Crippen LogP contribution in [0.5, 0.6) is 5.75 Å². The number of thioether (sulfide) groups is 1. The molecule has 0 heterocycles. The smallest absolute Gasteiger partial charge is 0.427 e. The summed E-state index contributed by atoms with van der Waals surface area (Å²) in [5.74, 6) is 1.35. The van der Waals surface area contributed by atoms with E-state index in [-0.39, 0.29) is 5.97 Å². The van der Waals surface area contributed by atoms with Gasteiger partial charge in [0.25, 0.3) is 0 Å². The maximum Gasteiger partial charge on any atom is 0.512 e. The summed E-state index contributed by atoms with van der Waals surface area (Å²) in [4.78, 5) is 12.0. The maximum absolute atomic E-state index is 11.5. The number of carbonyl (C=O) groups excluding carboxylic acids is 1. The predicted molar refractivity (Wildman–Crippen MR) is 112 cm³/mol. The molecular weight excluding hydrogens is 536 g/mol. The zero-order valence-corrected chi connectivity index (χ0v) is 19.5. The number of esters is 1. The molecule has 2 rings (SSSR count). The Balaban J connectivity index is 0.000000352. The summed E-state index contributed by atoms with van der Waals surface area (Å²) in [6.45, 7) is 1.41. The predicted octanol–water partition coefficient (Wildman–Crippen LogP) is 4.22. The molecule has 2 aromatic carbocycles. The lowest BCUT2D eigenvalue weighted by molar-refractivity contribution is -0.131. The average Bonchev–Trinajstić information content (AvgIpc) is 2.68. The van der Waals surface area contributed by atoms with E-state index >= 15 is 0 Å². The lowest BCUT2D eigenvalue weighted by Gasteiger charge is -2.11. The minimum absolute atomic E-state index is 0.288. The minimum atomic E-state index is -6.60. The summed E-state index contributed by atoms with van der Waals surface area (Å²) in [5, 5.41) is 0. The summed E-state index contributed by atoms with van der Waals surface area (Å²) in [6.07, 6.45) is 1.05. The highest BCUT2D eigenvalue weighted by atomic mass is 32.3. The Hall–Kier alpha value is -2.30. The molecule has 0 aliphatic carbocycles. The Kier molecular flexibility index (Phi) is 10.4. The van der Waals surface area contributed by atoms with E-state index in [0.29, 0.717) is 5.75 Å². The molecule has 1 N–H and O–H groups in total. The quantitative estimate of drug-likeness (QED) is 0.237. The van der Waals surface area contributed by atoms with Crippen molar-refractivity contribution >= 4 is 37.8 Å². The van der Waals surface area contributed by atoms with E-state index in [1.54, 1.807) is 11.8 Å². The first kappa shape index (κ1) is 29.7.